The highest BCUT2D eigenvalue weighted by atomic mass is 16.5. The monoisotopic (exact) mass is 167 g/mol. The van der Waals surface area contributed by atoms with Crippen molar-refractivity contribution in [3.05, 3.63) is 17.5 Å². The first-order valence-electron chi connectivity index (χ1n) is 3.76. The van der Waals surface area contributed by atoms with Crippen molar-refractivity contribution in [3.8, 4) is 0 Å². The Morgan fingerprint density at radius 3 is 3.08 bits per heavy atom. The number of amidine groups is 1. The van der Waals surface area contributed by atoms with Gasteiger partial charge >= 0.3 is 0 Å². The summed E-state index contributed by atoms with van der Waals surface area (Å²) in [6.45, 7) is 0. The molecule has 1 fully saturated rings. The van der Waals surface area contributed by atoms with Gasteiger partial charge in [0.05, 0.1) is 0 Å². The molecule has 0 spiro atoms. The Morgan fingerprint density at radius 1 is 1.75 bits per heavy atom. The zero-order valence-electron chi connectivity index (χ0n) is 6.40. The standard InChI is InChI=1S/C7H9N3O2/c8-7(9-11)5-3-6(12-10-5)4-1-2-4/h3-4,11H,1-2H2,(H2,8,9). The molecule has 0 aromatic carbocycles. The fraction of sp³-hybridized carbons (Fsp3) is 0.429. The molecule has 0 aliphatic heterocycles. The number of rotatable bonds is 2. The molecule has 1 aromatic rings. The Kier molecular flexibility index (Phi) is 1.49. The molecule has 1 heterocycles. The van der Waals surface area contributed by atoms with Crippen molar-refractivity contribution < 1.29 is 9.73 Å². The van der Waals surface area contributed by atoms with Gasteiger partial charge in [0.2, 0.25) is 0 Å². The van der Waals surface area contributed by atoms with Crippen LogP contribution in [-0.4, -0.2) is 16.2 Å². The molecule has 5 heteroatoms. The summed E-state index contributed by atoms with van der Waals surface area (Å²) in [7, 11) is 0. The van der Waals surface area contributed by atoms with Gasteiger partial charge in [-0.2, -0.15) is 0 Å². The van der Waals surface area contributed by atoms with E-state index in [0.29, 0.717) is 11.6 Å². The summed E-state index contributed by atoms with van der Waals surface area (Å²) >= 11 is 0. The zero-order valence-corrected chi connectivity index (χ0v) is 6.40. The van der Waals surface area contributed by atoms with Crippen LogP contribution in [0.3, 0.4) is 0 Å². The molecular weight excluding hydrogens is 158 g/mol. The minimum atomic E-state index is -0.00866. The van der Waals surface area contributed by atoms with E-state index in [1.165, 1.54) is 0 Å². The first-order chi connectivity index (χ1) is 5.81. The Morgan fingerprint density at radius 2 is 2.50 bits per heavy atom. The molecule has 2 rings (SSSR count). The largest absolute Gasteiger partial charge is 0.409 e. The highest BCUT2D eigenvalue weighted by molar-refractivity contribution is 5.95. The van der Waals surface area contributed by atoms with Crippen molar-refractivity contribution in [2.24, 2.45) is 10.9 Å². The first kappa shape index (κ1) is 7.15. The lowest BCUT2D eigenvalue weighted by Gasteiger charge is -1.85. The lowest BCUT2D eigenvalue weighted by Crippen LogP contribution is -2.13. The third-order valence-electron chi connectivity index (χ3n) is 1.88. The number of aromatic nitrogens is 1. The van der Waals surface area contributed by atoms with Crippen molar-refractivity contribution in [2.75, 3.05) is 0 Å². The van der Waals surface area contributed by atoms with Crippen LogP contribution in [0, 0.1) is 0 Å². The maximum atomic E-state index is 8.33. The van der Waals surface area contributed by atoms with Crippen molar-refractivity contribution >= 4 is 5.84 Å². The van der Waals surface area contributed by atoms with Gasteiger partial charge in [-0.05, 0) is 12.8 Å². The molecule has 1 saturated carbocycles. The van der Waals surface area contributed by atoms with Crippen molar-refractivity contribution in [3.63, 3.8) is 0 Å². The van der Waals surface area contributed by atoms with Crippen LogP contribution in [0.4, 0.5) is 0 Å². The first-order valence-corrected chi connectivity index (χ1v) is 3.76. The fourth-order valence-corrected chi connectivity index (χ4v) is 1.02. The van der Waals surface area contributed by atoms with Gasteiger partial charge in [-0.15, -0.1) is 0 Å². The molecule has 0 unspecified atom stereocenters. The van der Waals surface area contributed by atoms with E-state index in [2.05, 4.69) is 10.3 Å². The van der Waals surface area contributed by atoms with Crippen molar-refractivity contribution in [1.82, 2.24) is 5.16 Å². The van der Waals surface area contributed by atoms with E-state index in [4.69, 9.17) is 15.5 Å². The van der Waals surface area contributed by atoms with Crippen molar-refractivity contribution in [2.45, 2.75) is 18.8 Å². The summed E-state index contributed by atoms with van der Waals surface area (Å²) < 4.78 is 4.99. The molecule has 5 nitrogen and oxygen atoms in total. The van der Waals surface area contributed by atoms with Crippen LogP contribution in [0.2, 0.25) is 0 Å². The Hall–Kier alpha value is -1.52. The summed E-state index contributed by atoms with van der Waals surface area (Å²) in [6, 6.07) is 1.72. The second-order valence-corrected chi connectivity index (χ2v) is 2.87. The summed E-state index contributed by atoms with van der Waals surface area (Å²) in [6.07, 6.45) is 2.29. The van der Waals surface area contributed by atoms with Crippen LogP contribution in [-0.2, 0) is 0 Å². The Bertz CT molecular complexity index is 314. The minimum absolute atomic E-state index is 0.00866. The average Bonchev–Trinajstić information content (AvgIpc) is 2.83. The zero-order chi connectivity index (χ0) is 8.55. The van der Waals surface area contributed by atoms with Gasteiger partial charge in [-0.1, -0.05) is 10.3 Å². The van der Waals surface area contributed by atoms with E-state index >= 15 is 0 Å². The van der Waals surface area contributed by atoms with Crippen LogP contribution in [0.5, 0.6) is 0 Å². The summed E-state index contributed by atoms with van der Waals surface area (Å²) in [5, 5.41) is 14.8. The topological polar surface area (TPSA) is 84.6 Å². The van der Waals surface area contributed by atoms with E-state index in [-0.39, 0.29) is 5.84 Å². The molecular formula is C7H9N3O2. The maximum Gasteiger partial charge on any atom is 0.192 e. The molecule has 3 N–H and O–H groups in total. The highest BCUT2D eigenvalue weighted by Gasteiger charge is 2.28. The molecule has 1 aliphatic carbocycles. The second-order valence-electron chi connectivity index (χ2n) is 2.87. The molecule has 0 bridgehead atoms. The number of oxime groups is 1. The minimum Gasteiger partial charge on any atom is -0.409 e. The lowest BCUT2D eigenvalue weighted by molar-refractivity contribution is 0.317. The van der Waals surface area contributed by atoms with Crippen LogP contribution < -0.4 is 5.73 Å². The van der Waals surface area contributed by atoms with Crippen LogP contribution in [0.25, 0.3) is 0 Å². The molecule has 64 valence electrons. The summed E-state index contributed by atoms with van der Waals surface area (Å²) in [5.74, 6) is 1.32. The molecule has 0 atom stereocenters. The van der Waals surface area contributed by atoms with Gasteiger partial charge < -0.3 is 15.5 Å². The smallest absolute Gasteiger partial charge is 0.192 e. The third-order valence-corrected chi connectivity index (χ3v) is 1.88. The number of hydrogen-bond donors (Lipinski definition) is 2. The molecule has 1 aromatic heterocycles. The molecule has 0 amide bonds. The number of nitrogens with zero attached hydrogens (tertiary/aromatic N) is 2. The van der Waals surface area contributed by atoms with Crippen molar-refractivity contribution in [1.29, 1.82) is 0 Å². The Balaban J connectivity index is 2.23. The average molecular weight is 167 g/mol. The van der Waals surface area contributed by atoms with E-state index in [0.717, 1.165) is 18.6 Å². The Labute approximate surface area is 68.8 Å². The number of hydrogen-bond acceptors (Lipinski definition) is 4. The fourth-order valence-electron chi connectivity index (χ4n) is 1.02. The predicted octanol–water partition coefficient (Wildman–Crippen LogP) is 0.646. The molecule has 12 heavy (non-hydrogen) atoms. The SMILES string of the molecule is N/C(=N/O)c1cc(C2CC2)on1. The normalized spacial score (nSPS) is 18.2. The van der Waals surface area contributed by atoms with Crippen LogP contribution >= 0.6 is 0 Å². The summed E-state index contributed by atoms with van der Waals surface area (Å²) in [4.78, 5) is 0. The highest BCUT2D eigenvalue weighted by Crippen LogP contribution is 2.40. The predicted molar refractivity (Wildman–Crippen MR) is 41.0 cm³/mol. The van der Waals surface area contributed by atoms with Gasteiger partial charge in [0, 0.05) is 12.0 Å². The molecule has 0 saturated heterocycles. The third kappa shape index (κ3) is 1.13. The quantitative estimate of drug-likeness (QED) is 0.293. The van der Waals surface area contributed by atoms with E-state index in [1.54, 1.807) is 6.07 Å². The lowest BCUT2D eigenvalue weighted by atomic mass is 10.3. The van der Waals surface area contributed by atoms with Crippen LogP contribution in [0.15, 0.2) is 15.7 Å². The maximum absolute atomic E-state index is 8.33. The van der Waals surface area contributed by atoms with Crippen LogP contribution in [0.1, 0.15) is 30.2 Å². The van der Waals surface area contributed by atoms with Gasteiger partial charge in [0.15, 0.2) is 11.5 Å². The van der Waals surface area contributed by atoms with Gasteiger partial charge in [-0.25, -0.2) is 0 Å². The van der Waals surface area contributed by atoms with Gasteiger partial charge in [-0.3, -0.25) is 0 Å². The second kappa shape index (κ2) is 2.51. The van der Waals surface area contributed by atoms with Gasteiger partial charge in [0.1, 0.15) is 5.76 Å². The summed E-state index contributed by atoms with van der Waals surface area (Å²) in [5.41, 5.74) is 5.71. The number of nitrogens with two attached hydrogens (primary N) is 1. The van der Waals surface area contributed by atoms with Gasteiger partial charge in [0.25, 0.3) is 0 Å². The van der Waals surface area contributed by atoms with E-state index < -0.39 is 0 Å². The van der Waals surface area contributed by atoms with E-state index in [1.807, 2.05) is 0 Å². The van der Waals surface area contributed by atoms with E-state index in [9.17, 15) is 0 Å². The molecule has 1 aliphatic rings. The molecule has 0 radical (unpaired) electrons.